The van der Waals surface area contributed by atoms with Gasteiger partial charge in [0.2, 0.25) is 0 Å². The standard InChI is InChI=1S/C9H12N4S/c1-2-10-9(14)13-12-7-8-5-3-4-6-11-8/h3-7H,2H2,1H3,(H2,10,13,14)/b12-7+. The van der Waals surface area contributed by atoms with Gasteiger partial charge >= 0.3 is 0 Å². The van der Waals surface area contributed by atoms with Gasteiger partial charge in [0.15, 0.2) is 5.11 Å². The van der Waals surface area contributed by atoms with Gasteiger partial charge in [0.1, 0.15) is 0 Å². The van der Waals surface area contributed by atoms with E-state index in [9.17, 15) is 0 Å². The predicted octanol–water partition coefficient (Wildman–Crippen LogP) is 0.900. The summed E-state index contributed by atoms with van der Waals surface area (Å²) < 4.78 is 0. The molecule has 2 N–H and O–H groups in total. The average molecular weight is 208 g/mol. The van der Waals surface area contributed by atoms with Crippen LogP contribution in [0.1, 0.15) is 12.6 Å². The van der Waals surface area contributed by atoms with Crippen LogP contribution in [0.5, 0.6) is 0 Å². The van der Waals surface area contributed by atoms with Crippen molar-refractivity contribution in [2.45, 2.75) is 6.92 Å². The Hall–Kier alpha value is -1.49. The van der Waals surface area contributed by atoms with Crippen molar-refractivity contribution in [2.24, 2.45) is 5.10 Å². The molecule has 4 nitrogen and oxygen atoms in total. The molecule has 5 heteroatoms. The first-order valence-corrected chi connectivity index (χ1v) is 4.71. The number of hydrazone groups is 1. The smallest absolute Gasteiger partial charge is 0.186 e. The Morgan fingerprint density at radius 2 is 2.50 bits per heavy atom. The third-order valence-corrected chi connectivity index (χ3v) is 1.62. The fourth-order valence-corrected chi connectivity index (χ4v) is 1.01. The van der Waals surface area contributed by atoms with Crippen LogP contribution < -0.4 is 10.7 Å². The quantitative estimate of drug-likeness (QED) is 0.440. The van der Waals surface area contributed by atoms with E-state index in [1.54, 1.807) is 12.4 Å². The molecule has 0 spiro atoms. The Bertz CT molecular complexity index is 310. The molecular weight excluding hydrogens is 196 g/mol. The van der Waals surface area contributed by atoms with Gasteiger partial charge in [-0.25, -0.2) is 0 Å². The minimum absolute atomic E-state index is 0.514. The second-order valence-electron chi connectivity index (χ2n) is 2.48. The molecule has 0 bridgehead atoms. The van der Waals surface area contributed by atoms with Gasteiger partial charge in [-0.15, -0.1) is 0 Å². The maximum Gasteiger partial charge on any atom is 0.186 e. The van der Waals surface area contributed by atoms with E-state index >= 15 is 0 Å². The predicted molar refractivity (Wildman–Crippen MR) is 61.2 cm³/mol. The lowest BCUT2D eigenvalue weighted by Crippen LogP contribution is -2.31. The van der Waals surface area contributed by atoms with Crippen molar-refractivity contribution >= 4 is 23.5 Å². The highest BCUT2D eigenvalue weighted by molar-refractivity contribution is 7.80. The molecule has 1 aromatic heterocycles. The second kappa shape index (κ2) is 6.04. The zero-order valence-corrected chi connectivity index (χ0v) is 8.71. The third-order valence-electron chi connectivity index (χ3n) is 1.39. The lowest BCUT2D eigenvalue weighted by atomic mass is 10.4. The van der Waals surface area contributed by atoms with E-state index in [1.807, 2.05) is 25.1 Å². The number of nitrogens with zero attached hydrogens (tertiary/aromatic N) is 2. The lowest BCUT2D eigenvalue weighted by molar-refractivity contribution is 0.903. The molecule has 1 aromatic rings. The number of aromatic nitrogens is 1. The summed E-state index contributed by atoms with van der Waals surface area (Å²) in [6.45, 7) is 2.75. The van der Waals surface area contributed by atoms with Crippen LogP contribution in [-0.4, -0.2) is 22.9 Å². The van der Waals surface area contributed by atoms with Crippen LogP contribution in [0.25, 0.3) is 0 Å². The topological polar surface area (TPSA) is 49.3 Å². The van der Waals surface area contributed by atoms with Crippen LogP contribution in [0.4, 0.5) is 0 Å². The van der Waals surface area contributed by atoms with Crippen LogP contribution in [0, 0.1) is 0 Å². The van der Waals surface area contributed by atoms with Gasteiger partial charge in [0, 0.05) is 12.7 Å². The molecular formula is C9H12N4S. The molecule has 1 rings (SSSR count). The first-order chi connectivity index (χ1) is 6.83. The number of pyridine rings is 1. The largest absolute Gasteiger partial charge is 0.362 e. The summed E-state index contributed by atoms with van der Waals surface area (Å²) >= 11 is 4.91. The Morgan fingerprint density at radius 3 is 3.14 bits per heavy atom. The first-order valence-electron chi connectivity index (χ1n) is 4.31. The first kappa shape index (κ1) is 10.6. The molecule has 0 radical (unpaired) electrons. The Kier molecular flexibility index (Phi) is 4.57. The average Bonchev–Trinajstić information content (AvgIpc) is 2.20. The highest BCUT2D eigenvalue weighted by Gasteiger charge is 1.88. The summed E-state index contributed by atoms with van der Waals surface area (Å²) in [5, 5.41) is 7.35. The molecule has 0 aliphatic rings. The molecule has 0 saturated heterocycles. The summed E-state index contributed by atoms with van der Waals surface area (Å²) in [4.78, 5) is 4.07. The molecule has 0 saturated carbocycles. The molecule has 14 heavy (non-hydrogen) atoms. The summed E-state index contributed by atoms with van der Waals surface area (Å²) in [5.41, 5.74) is 3.47. The van der Waals surface area contributed by atoms with E-state index in [0.717, 1.165) is 12.2 Å². The van der Waals surface area contributed by atoms with Gasteiger partial charge < -0.3 is 5.32 Å². The fourth-order valence-electron chi connectivity index (χ4n) is 0.809. The van der Waals surface area contributed by atoms with Crippen molar-refractivity contribution in [2.75, 3.05) is 6.54 Å². The maximum atomic E-state index is 4.91. The second-order valence-corrected chi connectivity index (χ2v) is 2.89. The van der Waals surface area contributed by atoms with Gasteiger partial charge in [0.05, 0.1) is 11.9 Å². The van der Waals surface area contributed by atoms with Crippen molar-refractivity contribution in [1.82, 2.24) is 15.7 Å². The van der Waals surface area contributed by atoms with E-state index in [-0.39, 0.29) is 0 Å². The molecule has 1 heterocycles. The zero-order valence-electron chi connectivity index (χ0n) is 7.90. The molecule has 0 atom stereocenters. The fraction of sp³-hybridized carbons (Fsp3) is 0.222. The molecule has 74 valence electrons. The van der Waals surface area contributed by atoms with Gasteiger partial charge in [0.25, 0.3) is 0 Å². The van der Waals surface area contributed by atoms with Crippen molar-refractivity contribution in [1.29, 1.82) is 0 Å². The van der Waals surface area contributed by atoms with Crippen LogP contribution in [0.3, 0.4) is 0 Å². The van der Waals surface area contributed by atoms with Crippen molar-refractivity contribution in [3.8, 4) is 0 Å². The van der Waals surface area contributed by atoms with Gasteiger partial charge in [-0.2, -0.15) is 5.10 Å². The van der Waals surface area contributed by atoms with E-state index < -0.39 is 0 Å². The third kappa shape index (κ3) is 3.95. The monoisotopic (exact) mass is 208 g/mol. The number of hydrogen-bond donors (Lipinski definition) is 2. The zero-order chi connectivity index (χ0) is 10.2. The SMILES string of the molecule is CCNC(=S)N/N=C/c1ccccn1. The molecule has 0 unspecified atom stereocenters. The Balaban J connectivity index is 2.38. The van der Waals surface area contributed by atoms with Crippen molar-refractivity contribution < 1.29 is 0 Å². The van der Waals surface area contributed by atoms with Crippen LogP contribution in [0.2, 0.25) is 0 Å². The van der Waals surface area contributed by atoms with E-state index in [0.29, 0.717) is 5.11 Å². The number of rotatable bonds is 3. The summed E-state index contributed by atoms with van der Waals surface area (Å²) in [6, 6.07) is 5.62. The summed E-state index contributed by atoms with van der Waals surface area (Å²) in [7, 11) is 0. The highest BCUT2D eigenvalue weighted by Crippen LogP contribution is 1.87. The minimum Gasteiger partial charge on any atom is -0.362 e. The van der Waals surface area contributed by atoms with Crippen LogP contribution in [-0.2, 0) is 0 Å². The summed E-state index contributed by atoms with van der Waals surface area (Å²) in [5.74, 6) is 0. The molecule has 0 amide bonds. The van der Waals surface area contributed by atoms with Crippen LogP contribution >= 0.6 is 12.2 Å². The van der Waals surface area contributed by atoms with Crippen molar-refractivity contribution in [3.63, 3.8) is 0 Å². The lowest BCUT2D eigenvalue weighted by Gasteiger charge is -2.01. The number of nitrogens with one attached hydrogen (secondary N) is 2. The van der Waals surface area contributed by atoms with E-state index in [1.165, 1.54) is 0 Å². The summed E-state index contributed by atoms with van der Waals surface area (Å²) in [6.07, 6.45) is 3.33. The molecule has 0 aliphatic carbocycles. The Morgan fingerprint density at radius 1 is 1.64 bits per heavy atom. The van der Waals surface area contributed by atoms with Crippen molar-refractivity contribution in [3.05, 3.63) is 30.1 Å². The minimum atomic E-state index is 0.514. The maximum absolute atomic E-state index is 4.91. The number of thiocarbonyl (C=S) groups is 1. The number of hydrogen-bond acceptors (Lipinski definition) is 3. The van der Waals surface area contributed by atoms with Gasteiger partial charge in [-0.1, -0.05) is 6.07 Å². The highest BCUT2D eigenvalue weighted by atomic mass is 32.1. The van der Waals surface area contributed by atoms with Crippen LogP contribution in [0.15, 0.2) is 29.5 Å². The molecule has 0 aromatic carbocycles. The van der Waals surface area contributed by atoms with E-state index in [2.05, 4.69) is 20.8 Å². The molecule has 0 fully saturated rings. The Labute approximate surface area is 88.4 Å². The molecule has 0 aliphatic heterocycles. The van der Waals surface area contributed by atoms with Gasteiger partial charge in [-0.3, -0.25) is 10.4 Å². The van der Waals surface area contributed by atoms with Gasteiger partial charge in [-0.05, 0) is 31.3 Å². The normalized spacial score (nSPS) is 10.1. The van der Waals surface area contributed by atoms with E-state index in [4.69, 9.17) is 12.2 Å².